The molecule has 20 heavy (non-hydrogen) atoms. The number of hydrogen-bond acceptors (Lipinski definition) is 3. The summed E-state index contributed by atoms with van der Waals surface area (Å²) in [5, 5.41) is 2.88. The summed E-state index contributed by atoms with van der Waals surface area (Å²) in [6, 6.07) is 9.26. The van der Waals surface area contributed by atoms with E-state index in [1.54, 1.807) is 0 Å². The second-order valence-corrected chi connectivity index (χ2v) is 6.49. The summed E-state index contributed by atoms with van der Waals surface area (Å²) in [5.74, 6) is -0.472. The molecule has 2 aliphatic rings. The first-order valence-corrected chi connectivity index (χ1v) is 6.93. The molecule has 1 aromatic carbocycles. The summed E-state index contributed by atoms with van der Waals surface area (Å²) in [4.78, 5) is 24.8. The van der Waals surface area contributed by atoms with Crippen molar-refractivity contribution in [1.29, 1.82) is 0 Å². The van der Waals surface area contributed by atoms with E-state index in [2.05, 4.69) is 5.32 Å². The topological polar surface area (TPSA) is 55.4 Å². The Hall–Kier alpha value is -1.84. The van der Waals surface area contributed by atoms with Crippen molar-refractivity contribution < 1.29 is 14.3 Å². The van der Waals surface area contributed by atoms with Gasteiger partial charge in [-0.05, 0) is 31.9 Å². The molecule has 1 N–H and O–H groups in total. The Balaban J connectivity index is 1.94. The Morgan fingerprint density at radius 1 is 1.15 bits per heavy atom. The van der Waals surface area contributed by atoms with Gasteiger partial charge in [-0.15, -0.1) is 0 Å². The van der Waals surface area contributed by atoms with E-state index < -0.39 is 16.4 Å². The zero-order chi connectivity index (χ0) is 14.6. The van der Waals surface area contributed by atoms with Crippen LogP contribution in [0.3, 0.4) is 0 Å². The van der Waals surface area contributed by atoms with Crippen LogP contribution in [-0.2, 0) is 14.3 Å². The van der Waals surface area contributed by atoms with Crippen LogP contribution >= 0.6 is 0 Å². The highest BCUT2D eigenvalue weighted by atomic mass is 16.6. The normalized spacial score (nSPS) is 33.9. The highest BCUT2D eigenvalue weighted by molar-refractivity contribution is 6.03. The Morgan fingerprint density at radius 3 is 2.30 bits per heavy atom. The fraction of sp³-hybridized carbons (Fsp3) is 0.500. The van der Waals surface area contributed by atoms with Crippen molar-refractivity contribution in [3.05, 3.63) is 30.3 Å². The average molecular weight is 273 g/mol. The van der Waals surface area contributed by atoms with Crippen LogP contribution in [-0.4, -0.2) is 17.5 Å². The number of anilines is 1. The molecular formula is C16H19NO3. The zero-order valence-electron chi connectivity index (χ0n) is 12.0. The fourth-order valence-electron chi connectivity index (χ4n) is 3.50. The number of nitrogens with one attached hydrogen (secondary N) is 1. The van der Waals surface area contributed by atoms with E-state index >= 15 is 0 Å². The Kier molecular flexibility index (Phi) is 2.53. The van der Waals surface area contributed by atoms with Crippen LogP contribution in [0.25, 0.3) is 0 Å². The zero-order valence-corrected chi connectivity index (χ0v) is 12.0. The van der Waals surface area contributed by atoms with Gasteiger partial charge in [0.15, 0.2) is 5.60 Å². The first-order valence-electron chi connectivity index (χ1n) is 6.93. The van der Waals surface area contributed by atoms with Gasteiger partial charge in [0.1, 0.15) is 0 Å². The molecular weight excluding hydrogens is 254 g/mol. The lowest BCUT2D eigenvalue weighted by atomic mass is 9.66. The first-order chi connectivity index (χ1) is 9.33. The molecule has 1 saturated heterocycles. The number of fused-ring (bicyclic) bond motifs is 2. The van der Waals surface area contributed by atoms with Crippen LogP contribution in [0, 0.1) is 10.8 Å². The first kappa shape index (κ1) is 13.2. The van der Waals surface area contributed by atoms with Crippen molar-refractivity contribution >= 4 is 17.6 Å². The number of carbonyl (C=O) groups excluding carboxylic acids is 2. The van der Waals surface area contributed by atoms with Crippen molar-refractivity contribution in [3.8, 4) is 0 Å². The summed E-state index contributed by atoms with van der Waals surface area (Å²) in [5.41, 5.74) is -1.40. The van der Waals surface area contributed by atoms with Crippen LogP contribution in [0.15, 0.2) is 30.3 Å². The molecule has 1 amide bonds. The van der Waals surface area contributed by atoms with E-state index in [9.17, 15) is 9.59 Å². The number of esters is 1. The number of benzene rings is 1. The van der Waals surface area contributed by atoms with E-state index in [-0.39, 0.29) is 11.9 Å². The molecule has 1 aromatic rings. The average Bonchev–Trinajstić information content (AvgIpc) is 2.70. The van der Waals surface area contributed by atoms with Gasteiger partial charge in [-0.3, -0.25) is 9.59 Å². The molecule has 1 heterocycles. The van der Waals surface area contributed by atoms with Gasteiger partial charge < -0.3 is 10.1 Å². The molecule has 106 valence electrons. The molecule has 3 rings (SSSR count). The quantitative estimate of drug-likeness (QED) is 0.843. The Labute approximate surface area is 118 Å². The van der Waals surface area contributed by atoms with Crippen molar-refractivity contribution in [3.63, 3.8) is 0 Å². The molecule has 0 radical (unpaired) electrons. The van der Waals surface area contributed by atoms with E-state index in [0.717, 1.165) is 5.69 Å². The molecule has 0 aromatic heterocycles. The molecule has 0 spiro atoms. The summed E-state index contributed by atoms with van der Waals surface area (Å²) >= 11 is 0. The molecule has 1 aliphatic heterocycles. The second-order valence-electron chi connectivity index (χ2n) is 6.49. The number of rotatable bonds is 2. The van der Waals surface area contributed by atoms with Gasteiger partial charge in [-0.1, -0.05) is 32.0 Å². The number of hydrogen-bond donors (Lipinski definition) is 1. The highest BCUT2D eigenvalue weighted by Crippen LogP contribution is 2.65. The summed E-state index contributed by atoms with van der Waals surface area (Å²) in [6.45, 7) is 5.81. The number of amides is 1. The molecule has 0 unspecified atom stereocenters. The van der Waals surface area contributed by atoms with Crippen LogP contribution in [0.4, 0.5) is 5.69 Å². The van der Waals surface area contributed by atoms with Gasteiger partial charge in [-0.25, -0.2) is 0 Å². The van der Waals surface area contributed by atoms with Crippen molar-refractivity contribution in [2.24, 2.45) is 10.8 Å². The lowest BCUT2D eigenvalue weighted by Gasteiger charge is -2.35. The van der Waals surface area contributed by atoms with Crippen LogP contribution < -0.4 is 5.32 Å². The maximum absolute atomic E-state index is 12.7. The van der Waals surface area contributed by atoms with Crippen molar-refractivity contribution in [1.82, 2.24) is 0 Å². The van der Waals surface area contributed by atoms with Gasteiger partial charge in [0.2, 0.25) is 0 Å². The Bertz CT molecular complexity index is 581. The maximum Gasteiger partial charge on any atom is 0.313 e. The number of para-hydroxylation sites is 1. The molecule has 4 heteroatoms. The van der Waals surface area contributed by atoms with Gasteiger partial charge in [0.25, 0.3) is 5.91 Å². The third-order valence-corrected chi connectivity index (χ3v) is 5.48. The number of carbonyl (C=O) groups is 2. The third kappa shape index (κ3) is 1.37. The van der Waals surface area contributed by atoms with E-state index in [0.29, 0.717) is 12.8 Å². The van der Waals surface area contributed by atoms with Crippen molar-refractivity contribution in [2.45, 2.75) is 39.2 Å². The summed E-state index contributed by atoms with van der Waals surface area (Å²) < 4.78 is 5.55. The maximum atomic E-state index is 12.7. The predicted molar refractivity (Wildman–Crippen MR) is 75.0 cm³/mol. The van der Waals surface area contributed by atoms with Crippen LogP contribution in [0.5, 0.6) is 0 Å². The third-order valence-electron chi connectivity index (χ3n) is 5.48. The van der Waals surface area contributed by atoms with Gasteiger partial charge in [0, 0.05) is 11.1 Å². The lowest BCUT2D eigenvalue weighted by molar-refractivity contribution is -0.165. The molecule has 2 atom stereocenters. The SMILES string of the molecule is CC1(C)[C@@]2(C)CC[C@]1(C(=O)Nc1ccccc1)OC2=O. The molecule has 1 aliphatic carbocycles. The van der Waals surface area contributed by atoms with Crippen LogP contribution in [0.2, 0.25) is 0 Å². The van der Waals surface area contributed by atoms with Gasteiger partial charge in [0.05, 0.1) is 5.41 Å². The standard InChI is InChI=1S/C16H19NO3/c1-14(2)15(3)9-10-16(14,20-13(15)19)12(18)17-11-7-5-4-6-8-11/h4-8H,9-10H2,1-3H3,(H,17,18)/t15-,16+/m0/s1. The highest BCUT2D eigenvalue weighted by Gasteiger charge is 2.75. The van der Waals surface area contributed by atoms with E-state index in [1.165, 1.54) is 0 Å². The molecule has 2 fully saturated rings. The summed E-state index contributed by atoms with van der Waals surface area (Å²) in [7, 11) is 0. The molecule has 1 saturated carbocycles. The fourth-order valence-corrected chi connectivity index (χ4v) is 3.50. The van der Waals surface area contributed by atoms with Gasteiger partial charge >= 0.3 is 5.97 Å². The second kappa shape index (κ2) is 3.84. The number of ether oxygens (including phenoxy) is 1. The van der Waals surface area contributed by atoms with Gasteiger partial charge in [-0.2, -0.15) is 0 Å². The van der Waals surface area contributed by atoms with Crippen LogP contribution in [0.1, 0.15) is 33.6 Å². The minimum absolute atomic E-state index is 0.219. The monoisotopic (exact) mass is 273 g/mol. The van der Waals surface area contributed by atoms with E-state index in [4.69, 9.17) is 4.74 Å². The largest absolute Gasteiger partial charge is 0.448 e. The predicted octanol–water partition coefficient (Wildman–Crippen LogP) is 2.75. The minimum Gasteiger partial charge on any atom is -0.448 e. The van der Waals surface area contributed by atoms with E-state index in [1.807, 2.05) is 51.1 Å². The Morgan fingerprint density at radius 2 is 1.80 bits per heavy atom. The summed E-state index contributed by atoms with van der Waals surface area (Å²) in [6.07, 6.45) is 1.28. The minimum atomic E-state index is -1.05. The lowest BCUT2D eigenvalue weighted by Crippen LogP contribution is -2.50. The molecule has 2 bridgehead atoms. The molecule has 4 nitrogen and oxygen atoms in total. The smallest absolute Gasteiger partial charge is 0.313 e. The van der Waals surface area contributed by atoms with Crippen molar-refractivity contribution in [2.75, 3.05) is 5.32 Å².